The van der Waals surface area contributed by atoms with Crippen molar-refractivity contribution in [3.63, 3.8) is 0 Å². The van der Waals surface area contributed by atoms with E-state index in [0.29, 0.717) is 19.8 Å². The molecule has 0 spiro atoms. The summed E-state index contributed by atoms with van der Waals surface area (Å²) in [6, 6.07) is 0. The monoisotopic (exact) mass is 611 g/mol. The Kier molecular flexibility index (Phi) is 20.6. The summed E-state index contributed by atoms with van der Waals surface area (Å²) in [5.74, 6) is 0. The van der Waals surface area contributed by atoms with E-state index in [1.165, 1.54) is 96.3 Å². The van der Waals surface area contributed by atoms with E-state index in [2.05, 4.69) is 24.1 Å². The van der Waals surface area contributed by atoms with Gasteiger partial charge in [-0.1, -0.05) is 96.8 Å². The Morgan fingerprint density at radius 3 is 1.73 bits per heavy atom. The Morgan fingerprint density at radius 1 is 0.757 bits per heavy atom. The van der Waals surface area contributed by atoms with Crippen LogP contribution in [0.5, 0.6) is 0 Å². The van der Waals surface area contributed by atoms with E-state index in [0.717, 1.165) is 24.5 Å². The van der Waals surface area contributed by atoms with Crippen molar-refractivity contribution in [2.75, 3.05) is 33.0 Å². The molecule has 6 nitrogen and oxygen atoms in total. The number of unbranched alkanes of at least 4 members (excludes halogenated alkanes) is 15. The third-order valence-corrected chi connectivity index (χ3v) is 11.4. The molecular formula is C29H61AsO6P. The molecule has 2 atom stereocenters. The van der Waals surface area contributed by atoms with Gasteiger partial charge in [0.05, 0.1) is 0 Å². The Bertz CT molecular complexity index is 577. The van der Waals surface area contributed by atoms with Gasteiger partial charge in [0.2, 0.25) is 0 Å². The molecule has 0 bridgehead atoms. The van der Waals surface area contributed by atoms with E-state index in [1.807, 2.05) is 0 Å². The van der Waals surface area contributed by atoms with Crippen LogP contribution in [0.15, 0.2) is 0 Å². The number of rotatable bonds is 26. The number of phosphoric ester groups is 1. The molecule has 223 valence electrons. The van der Waals surface area contributed by atoms with Gasteiger partial charge < -0.3 is 0 Å². The molecule has 2 unspecified atom stereocenters. The Labute approximate surface area is 232 Å². The Morgan fingerprint density at radius 2 is 1.27 bits per heavy atom. The SMILES string of the molecule is CCCCCCCCCCCCCCCCCCOCC1(COP(=O)(O)OCC[As](C)(C)C)CCCO1. The molecule has 1 N–H and O–H groups in total. The van der Waals surface area contributed by atoms with Crippen molar-refractivity contribution in [2.45, 2.75) is 150 Å². The van der Waals surface area contributed by atoms with Crippen LogP contribution in [0.4, 0.5) is 0 Å². The van der Waals surface area contributed by atoms with Crippen molar-refractivity contribution in [3.05, 3.63) is 0 Å². The second-order valence-electron chi connectivity index (χ2n) is 12.1. The first kappa shape index (κ1) is 35.6. The summed E-state index contributed by atoms with van der Waals surface area (Å²) in [4.78, 5) is 10.0. The predicted molar refractivity (Wildman–Crippen MR) is 158 cm³/mol. The fourth-order valence-corrected chi connectivity index (χ4v) is 7.15. The molecule has 37 heavy (non-hydrogen) atoms. The van der Waals surface area contributed by atoms with Crippen LogP contribution >= 0.6 is 7.82 Å². The molecule has 0 aromatic carbocycles. The fourth-order valence-electron chi connectivity index (χ4n) is 4.70. The van der Waals surface area contributed by atoms with Crippen LogP contribution in [-0.2, 0) is 23.1 Å². The van der Waals surface area contributed by atoms with Gasteiger partial charge in [-0.2, -0.15) is 0 Å². The van der Waals surface area contributed by atoms with Gasteiger partial charge in [0, 0.05) is 0 Å². The molecule has 0 aromatic heterocycles. The fraction of sp³-hybridized carbons (Fsp3) is 1.00. The summed E-state index contributed by atoms with van der Waals surface area (Å²) in [6.45, 7) is 4.34. The first-order chi connectivity index (χ1) is 17.7. The van der Waals surface area contributed by atoms with Crippen molar-refractivity contribution in [1.82, 2.24) is 0 Å². The molecule has 0 aromatic rings. The summed E-state index contributed by atoms with van der Waals surface area (Å²) in [7, 11) is -4.06. The number of hydrogen-bond donors (Lipinski definition) is 1. The first-order valence-electron chi connectivity index (χ1n) is 15.3. The minimum absolute atomic E-state index is 0.0371. The van der Waals surface area contributed by atoms with Crippen LogP contribution in [-0.4, -0.2) is 57.1 Å². The summed E-state index contributed by atoms with van der Waals surface area (Å²) in [6.07, 6.45) is 23.4. The van der Waals surface area contributed by atoms with E-state index in [4.69, 9.17) is 18.5 Å². The average molecular weight is 612 g/mol. The van der Waals surface area contributed by atoms with Gasteiger partial charge in [-0.3, -0.25) is 0 Å². The van der Waals surface area contributed by atoms with E-state index >= 15 is 0 Å². The molecule has 1 saturated heterocycles. The van der Waals surface area contributed by atoms with E-state index in [-0.39, 0.29) is 13.2 Å². The zero-order valence-corrected chi connectivity index (χ0v) is 27.6. The second-order valence-corrected chi connectivity index (χ2v) is 24.1. The molecular weight excluding hydrogens is 550 g/mol. The normalized spacial score (nSPS) is 19.9. The maximum atomic E-state index is 12.3. The minimum atomic E-state index is -4.06. The van der Waals surface area contributed by atoms with Crippen LogP contribution in [0.1, 0.15) is 122 Å². The van der Waals surface area contributed by atoms with Crippen molar-refractivity contribution in [2.24, 2.45) is 0 Å². The molecule has 1 rings (SSSR count). The van der Waals surface area contributed by atoms with Gasteiger partial charge in [-0.15, -0.1) is 0 Å². The quantitative estimate of drug-likeness (QED) is 0.0597. The third kappa shape index (κ3) is 21.1. The predicted octanol–water partition coefficient (Wildman–Crippen LogP) is 9.29. The third-order valence-electron chi connectivity index (χ3n) is 7.20. The zero-order chi connectivity index (χ0) is 27.3. The molecule has 1 aliphatic heterocycles. The maximum absolute atomic E-state index is 12.3. The van der Waals surface area contributed by atoms with E-state index < -0.39 is 27.0 Å². The number of ether oxygens (including phenoxy) is 2. The standard InChI is InChI=1S/C29H61AsO6P/c1-5-6-7-8-9-10-11-12-13-14-15-16-17-18-19-20-24-33-27-29(22-21-25-34-29)28-36-37(31,32)35-26-23-30(2,3)4/h5-28H2,1-4H3,(H,31,32). The van der Waals surface area contributed by atoms with Gasteiger partial charge in [0.1, 0.15) is 0 Å². The number of hydrogen-bond acceptors (Lipinski definition) is 5. The molecule has 1 fully saturated rings. The molecule has 1 radical (unpaired) electrons. The topological polar surface area (TPSA) is 74.2 Å². The summed E-state index contributed by atoms with van der Waals surface area (Å²) in [5.41, 5.74) is 6.09. The van der Waals surface area contributed by atoms with Gasteiger partial charge in [-0.25, -0.2) is 0 Å². The van der Waals surface area contributed by atoms with Gasteiger partial charge >= 0.3 is 136 Å². The Hall–Kier alpha value is 0.588. The van der Waals surface area contributed by atoms with Crippen LogP contribution in [0.2, 0.25) is 22.3 Å². The molecule has 8 heteroatoms. The molecule has 0 aliphatic carbocycles. The van der Waals surface area contributed by atoms with E-state index in [9.17, 15) is 9.46 Å². The summed E-state index contributed by atoms with van der Waals surface area (Å²) >= 11 is -1.65. The average Bonchev–Trinajstić information content (AvgIpc) is 3.30. The van der Waals surface area contributed by atoms with Crippen molar-refractivity contribution >= 4 is 21.4 Å². The molecule has 0 amide bonds. The molecule has 1 heterocycles. The van der Waals surface area contributed by atoms with E-state index in [1.54, 1.807) is 0 Å². The van der Waals surface area contributed by atoms with Crippen LogP contribution in [0.3, 0.4) is 0 Å². The first-order valence-corrected chi connectivity index (χ1v) is 23.8. The van der Waals surface area contributed by atoms with Crippen molar-refractivity contribution in [1.29, 1.82) is 0 Å². The van der Waals surface area contributed by atoms with Crippen LogP contribution in [0, 0.1) is 0 Å². The van der Waals surface area contributed by atoms with Crippen LogP contribution in [0.25, 0.3) is 0 Å². The van der Waals surface area contributed by atoms with Crippen molar-refractivity contribution < 1.29 is 28.0 Å². The summed E-state index contributed by atoms with van der Waals surface area (Å²) in [5, 5.41) is 0.857. The number of phosphoric acid groups is 1. The zero-order valence-electron chi connectivity index (χ0n) is 24.9. The molecule has 0 saturated carbocycles. The molecule has 1 aliphatic rings. The van der Waals surface area contributed by atoms with Gasteiger partial charge in [-0.05, 0) is 0 Å². The summed E-state index contributed by atoms with van der Waals surface area (Å²) < 4.78 is 34.6. The van der Waals surface area contributed by atoms with Gasteiger partial charge in [0.25, 0.3) is 0 Å². The van der Waals surface area contributed by atoms with Gasteiger partial charge in [0.15, 0.2) is 0 Å². The van der Waals surface area contributed by atoms with Crippen molar-refractivity contribution in [3.8, 4) is 0 Å². The van der Waals surface area contributed by atoms with Crippen LogP contribution < -0.4 is 0 Å². The Balaban J connectivity index is 1.99. The second kappa shape index (κ2) is 21.4.